The van der Waals surface area contributed by atoms with Crippen molar-refractivity contribution in [3.05, 3.63) is 77.7 Å². The first-order valence-electron chi connectivity index (χ1n) is 9.27. The van der Waals surface area contributed by atoms with E-state index in [0.29, 0.717) is 0 Å². The molecule has 4 heteroatoms. The maximum absolute atomic E-state index is 5.16. The summed E-state index contributed by atoms with van der Waals surface area (Å²) in [6.07, 6.45) is 0. The molecule has 0 N–H and O–H groups in total. The Balaban J connectivity index is 1.29. The standard InChI is InChI=1S/C22H25N3O/c1-18-15-22(23-26-18)17-25-13-11-24(12-14-25)16-19-7-9-21(10-8-19)20-5-3-2-4-6-20/h2-10,15H,11-14,16-17H2,1H3. The fourth-order valence-corrected chi connectivity index (χ4v) is 3.52. The third kappa shape index (κ3) is 4.21. The predicted molar refractivity (Wildman–Crippen MR) is 104 cm³/mol. The van der Waals surface area contributed by atoms with Gasteiger partial charge in [-0.3, -0.25) is 9.80 Å². The molecule has 0 spiro atoms. The Morgan fingerprint density at radius 1 is 0.808 bits per heavy atom. The Morgan fingerprint density at radius 3 is 2.04 bits per heavy atom. The van der Waals surface area contributed by atoms with Gasteiger partial charge in [-0.15, -0.1) is 0 Å². The molecule has 134 valence electrons. The lowest BCUT2D eigenvalue weighted by molar-refractivity contribution is 0.120. The molecule has 0 saturated carbocycles. The summed E-state index contributed by atoms with van der Waals surface area (Å²) in [7, 11) is 0. The summed E-state index contributed by atoms with van der Waals surface area (Å²) in [5.41, 5.74) is 4.97. The average Bonchev–Trinajstić information content (AvgIpc) is 3.09. The highest BCUT2D eigenvalue weighted by Crippen LogP contribution is 2.20. The molecule has 0 aliphatic carbocycles. The smallest absolute Gasteiger partial charge is 0.133 e. The predicted octanol–water partition coefficient (Wildman–Crippen LogP) is 3.97. The van der Waals surface area contributed by atoms with Crippen molar-refractivity contribution in [3.8, 4) is 11.1 Å². The van der Waals surface area contributed by atoms with Gasteiger partial charge < -0.3 is 4.52 Å². The van der Waals surface area contributed by atoms with Crippen molar-refractivity contribution in [2.75, 3.05) is 26.2 Å². The Kier molecular flexibility index (Phi) is 5.14. The molecule has 1 aliphatic rings. The van der Waals surface area contributed by atoms with E-state index in [4.69, 9.17) is 4.52 Å². The van der Waals surface area contributed by atoms with Gasteiger partial charge in [-0.1, -0.05) is 59.8 Å². The number of hydrogen-bond donors (Lipinski definition) is 0. The van der Waals surface area contributed by atoms with E-state index in [1.54, 1.807) is 0 Å². The second-order valence-electron chi connectivity index (χ2n) is 7.04. The van der Waals surface area contributed by atoms with Gasteiger partial charge in [0, 0.05) is 45.3 Å². The highest BCUT2D eigenvalue weighted by Gasteiger charge is 2.18. The van der Waals surface area contributed by atoms with Crippen LogP contribution in [0.25, 0.3) is 11.1 Å². The van der Waals surface area contributed by atoms with Gasteiger partial charge in [0.15, 0.2) is 0 Å². The minimum absolute atomic E-state index is 0.886. The molecule has 4 rings (SSSR count). The molecule has 0 amide bonds. The van der Waals surface area contributed by atoms with Crippen LogP contribution < -0.4 is 0 Å². The van der Waals surface area contributed by atoms with Gasteiger partial charge in [0.25, 0.3) is 0 Å². The highest BCUT2D eigenvalue weighted by molar-refractivity contribution is 5.63. The first-order valence-corrected chi connectivity index (χ1v) is 9.27. The molecule has 0 bridgehead atoms. The van der Waals surface area contributed by atoms with E-state index in [9.17, 15) is 0 Å². The number of piperazine rings is 1. The van der Waals surface area contributed by atoms with Crippen LogP contribution in [0, 0.1) is 6.92 Å². The maximum Gasteiger partial charge on any atom is 0.133 e. The summed E-state index contributed by atoms with van der Waals surface area (Å²) in [4.78, 5) is 4.98. The molecule has 2 aromatic carbocycles. The van der Waals surface area contributed by atoms with Crippen LogP contribution in [-0.2, 0) is 13.1 Å². The lowest BCUT2D eigenvalue weighted by Crippen LogP contribution is -2.45. The second-order valence-corrected chi connectivity index (χ2v) is 7.04. The topological polar surface area (TPSA) is 32.5 Å². The highest BCUT2D eigenvalue weighted by atomic mass is 16.5. The lowest BCUT2D eigenvalue weighted by atomic mass is 10.0. The third-order valence-electron chi connectivity index (χ3n) is 4.99. The normalized spacial score (nSPS) is 16.0. The van der Waals surface area contributed by atoms with Crippen molar-refractivity contribution in [3.63, 3.8) is 0 Å². The van der Waals surface area contributed by atoms with Gasteiger partial charge >= 0.3 is 0 Å². The van der Waals surface area contributed by atoms with Crippen molar-refractivity contribution in [2.45, 2.75) is 20.0 Å². The van der Waals surface area contributed by atoms with E-state index < -0.39 is 0 Å². The molecular formula is C22H25N3O. The summed E-state index contributed by atoms with van der Waals surface area (Å²) in [6, 6.07) is 21.5. The Hall–Kier alpha value is -2.43. The minimum Gasteiger partial charge on any atom is -0.361 e. The zero-order valence-corrected chi connectivity index (χ0v) is 15.3. The van der Waals surface area contributed by atoms with E-state index in [2.05, 4.69) is 69.6 Å². The van der Waals surface area contributed by atoms with Crippen LogP contribution in [0.2, 0.25) is 0 Å². The number of nitrogens with zero attached hydrogens (tertiary/aromatic N) is 3. The summed E-state index contributed by atoms with van der Waals surface area (Å²) in [5.74, 6) is 0.887. The fourth-order valence-electron chi connectivity index (χ4n) is 3.52. The number of benzene rings is 2. The molecule has 1 saturated heterocycles. The van der Waals surface area contributed by atoms with Crippen LogP contribution in [0.5, 0.6) is 0 Å². The SMILES string of the molecule is Cc1cc(CN2CCN(Cc3ccc(-c4ccccc4)cc3)CC2)no1. The van der Waals surface area contributed by atoms with Crippen molar-refractivity contribution in [2.24, 2.45) is 0 Å². The Labute approximate surface area is 155 Å². The van der Waals surface area contributed by atoms with Crippen molar-refractivity contribution >= 4 is 0 Å². The van der Waals surface area contributed by atoms with Crippen LogP contribution >= 0.6 is 0 Å². The van der Waals surface area contributed by atoms with Gasteiger partial charge in [-0.05, 0) is 23.6 Å². The number of rotatable bonds is 5. The Morgan fingerprint density at radius 2 is 1.42 bits per heavy atom. The van der Waals surface area contributed by atoms with E-state index in [0.717, 1.165) is 50.7 Å². The summed E-state index contributed by atoms with van der Waals surface area (Å²) < 4.78 is 5.16. The van der Waals surface area contributed by atoms with Crippen LogP contribution in [0.3, 0.4) is 0 Å². The monoisotopic (exact) mass is 347 g/mol. The van der Waals surface area contributed by atoms with Crippen LogP contribution in [0.4, 0.5) is 0 Å². The number of aryl methyl sites for hydroxylation is 1. The third-order valence-corrected chi connectivity index (χ3v) is 4.99. The lowest BCUT2D eigenvalue weighted by Gasteiger charge is -2.34. The van der Waals surface area contributed by atoms with Crippen LogP contribution in [0.15, 0.2) is 65.2 Å². The van der Waals surface area contributed by atoms with Crippen LogP contribution in [-0.4, -0.2) is 41.1 Å². The molecule has 1 fully saturated rings. The van der Waals surface area contributed by atoms with Gasteiger partial charge in [-0.2, -0.15) is 0 Å². The number of aromatic nitrogens is 1. The molecule has 26 heavy (non-hydrogen) atoms. The van der Waals surface area contributed by atoms with Gasteiger partial charge in [0.2, 0.25) is 0 Å². The zero-order chi connectivity index (χ0) is 17.8. The number of hydrogen-bond acceptors (Lipinski definition) is 4. The maximum atomic E-state index is 5.16. The second kappa shape index (κ2) is 7.85. The zero-order valence-electron chi connectivity index (χ0n) is 15.3. The summed E-state index contributed by atoms with van der Waals surface area (Å²) >= 11 is 0. The minimum atomic E-state index is 0.886. The quantitative estimate of drug-likeness (QED) is 0.699. The van der Waals surface area contributed by atoms with Crippen LogP contribution in [0.1, 0.15) is 17.0 Å². The Bertz CT molecular complexity index is 818. The molecule has 1 aliphatic heterocycles. The van der Waals surface area contributed by atoms with Gasteiger partial charge in [0.1, 0.15) is 5.76 Å². The van der Waals surface area contributed by atoms with Gasteiger partial charge in [0.05, 0.1) is 5.69 Å². The molecular weight excluding hydrogens is 322 g/mol. The molecule has 1 aromatic heterocycles. The first-order chi connectivity index (χ1) is 12.8. The molecule has 0 atom stereocenters. The molecule has 4 nitrogen and oxygen atoms in total. The largest absolute Gasteiger partial charge is 0.361 e. The molecule has 0 unspecified atom stereocenters. The van der Waals surface area contributed by atoms with E-state index in [1.807, 2.05) is 13.0 Å². The van der Waals surface area contributed by atoms with E-state index >= 15 is 0 Å². The van der Waals surface area contributed by atoms with Gasteiger partial charge in [-0.25, -0.2) is 0 Å². The molecule has 2 heterocycles. The average molecular weight is 347 g/mol. The summed E-state index contributed by atoms with van der Waals surface area (Å²) in [5, 5.41) is 4.10. The van der Waals surface area contributed by atoms with E-state index in [-0.39, 0.29) is 0 Å². The first kappa shape index (κ1) is 17.0. The van der Waals surface area contributed by atoms with E-state index in [1.165, 1.54) is 16.7 Å². The molecule has 3 aromatic rings. The van der Waals surface area contributed by atoms with Crippen molar-refractivity contribution in [1.29, 1.82) is 0 Å². The summed E-state index contributed by atoms with van der Waals surface area (Å²) in [6.45, 7) is 8.19. The van der Waals surface area contributed by atoms with Crippen molar-refractivity contribution in [1.82, 2.24) is 15.0 Å². The molecule has 0 radical (unpaired) electrons. The fraction of sp³-hybridized carbons (Fsp3) is 0.318. The van der Waals surface area contributed by atoms with Crippen molar-refractivity contribution < 1.29 is 4.52 Å².